The zero-order valence-electron chi connectivity index (χ0n) is 14.8. The van der Waals surface area contributed by atoms with Crippen LogP contribution in [0.3, 0.4) is 0 Å². The van der Waals surface area contributed by atoms with E-state index in [0.717, 1.165) is 10.6 Å². The number of hydrogen-bond donors (Lipinski definition) is 2. The Labute approximate surface area is 154 Å². The van der Waals surface area contributed by atoms with Gasteiger partial charge in [-0.1, -0.05) is 11.3 Å². The number of carbonyl (C=O) groups is 2. The van der Waals surface area contributed by atoms with Crippen molar-refractivity contribution in [2.24, 2.45) is 0 Å². The maximum atomic E-state index is 12.2. The van der Waals surface area contributed by atoms with Gasteiger partial charge in [0.15, 0.2) is 5.13 Å². The number of ether oxygens (including phenoxy) is 1. The molecule has 26 heavy (non-hydrogen) atoms. The van der Waals surface area contributed by atoms with Gasteiger partial charge in [0.1, 0.15) is 5.60 Å². The van der Waals surface area contributed by atoms with E-state index in [1.54, 1.807) is 4.90 Å². The quantitative estimate of drug-likeness (QED) is 0.837. The smallest absolute Gasteiger partial charge is 0.410 e. The van der Waals surface area contributed by atoms with E-state index >= 15 is 0 Å². The average Bonchev–Trinajstić information content (AvgIpc) is 2.95. The minimum absolute atomic E-state index is 0.270. The van der Waals surface area contributed by atoms with Crippen molar-refractivity contribution in [1.82, 2.24) is 14.9 Å². The molecule has 0 atom stereocenters. The fourth-order valence-electron chi connectivity index (χ4n) is 2.45. The molecular weight excluding hydrogens is 356 g/mol. The summed E-state index contributed by atoms with van der Waals surface area (Å²) in [6.07, 6.45) is 1.62. The Morgan fingerprint density at radius 1 is 1.35 bits per heavy atom. The molecule has 0 radical (unpaired) electrons. The molecule has 1 aliphatic rings. The number of nitrogens with zero attached hydrogens (tertiary/aromatic N) is 2. The molecule has 9 heteroatoms. The average molecular weight is 376 g/mol. The third-order valence-corrected chi connectivity index (χ3v) is 4.65. The van der Waals surface area contributed by atoms with Crippen molar-refractivity contribution >= 4 is 28.5 Å². The van der Waals surface area contributed by atoms with E-state index in [1.165, 1.54) is 29.7 Å². The summed E-state index contributed by atoms with van der Waals surface area (Å²) in [4.78, 5) is 45.0. The minimum Gasteiger partial charge on any atom is -0.444 e. The number of fused-ring (bicyclic) bond motifs is 1. The van der Waals surface area contributed by atoms with Gasteiger partial charge in [0.2, 0.25) is 5.56 Å². The van der Waals surface area contributed by atoms with Crippen molar-refractivity contribution < 1.29 is 14.3 Å². The van der Waals surface area contributed by atoms with Gasteiger partial charge in [-0.05, 0) is 26.8 Å². The lowest BCUT2D eigenvalue weighted by molar-refractivity contribution is 0.0225. The summed E-state index contributed by atoms with van der Waals surface area (Å²) in [6, 6.07) is 2.74. The number of rotatable bonds is 2. The highest BCUT2D eigenvalue weighted by Crippen LogP contribution is 2.29. The van der Waals surface area contributed by atoms with Gasteiger partial charge in [0.05, 0.1) is 17.8 Å². The Bertz CT molecular complexity index is 876. The standard InChI is InChI=1S/C17H20N4O4S/c1-17(2,3)25-16(24)21-7-6-11-12(9-21)26-15(19-11)20-14(23)10-4-5-13(22)18-8-10/h4-5,8H,6-7,9H2,1-3H3,(H,18,22)(H,19,20,23). The Morgan fingerprint density at radius 3 is 2.77 bits per heavy atom. The van der Waals surface area contributed by atoms with Gasteiger partial charge in [-0.15, -0.1) is 0 Å². The van der Waals surface area contributed by atoms with Crippen LogP contribution in [-0.4, -0.2) is 39.0 Å². The third-order valence-electron chi connectivity index (χ3n) is 3.65. The number of aromatic amines is 1. The molecule has 0 aromatic carbocycles. The molecule has 0 spiro atoms. The molecule has 3 rings (SSSR count). The number of pyridine rings is 1. The molecule has 138 valence electrons. The van der Waals surface area contributed by atoms with Crippen LogP contribution in [0.25, 0.3) is 0 Å². The van der Waals surface area contributed by atoms with E-state index in [0.29, 0.717) is 30.2 Å². The number of H-pyrrole nitrogens is 1. The summed E-state index contributed by atoms with van der Waals surface area (Å²) < 4.78 is 5.40. The zero-order chi connectivity index (χ0) is 18.9. The Balaban J connectivity index is 1.67. The molecule has 2 aromatic heterocycles. The minimum atomic E-state index is -0.541. The van der Waals surface area contributed by atoms with Crippen LogP contribution in [-0.2, 0) is 17.7 Å². The van der Waals surface area contributed by atoms with E-state index in [1.807, 2.05) is 20.8 Å². The highest BCUT2D eigenvalue weighted by atomic mass is 32.1. The van der Waals surface area contributed by atoms with E-state index in [2.05, 4.69) is 15.3 Å². The summed E-state index contributed by atoms with van der Waals surface area (Å²) in [6.45, 7) is 6.43. The predicted molar refractivity (Wildman–Crippen MR) is 97.5 cm³/mol. The van der Waals surface area contributed by atoms with Gasteiger partial charge in [0, 0.05) is 30.1 Å². The maximum absolute atomic E-state index is 12.2. The van der Waals surface area contributed by atoms with E-state index in [-0.39, 0.29) is 17.6 Å². The molecule has 0 fully saturated rings. The van der Waals surface area contributed by atoms with Crippen LogP contribution in [0, 0.1) is 0 Å². The SMILES string of the molecule is CC(C)(C)OC(=O)N1CCc2nc(NC(=O)c3ccc(=O)[nH]c3)sc2C1. The second kappa shape index (κ2) is 6.91. The fourth-order valence-corrected chi connectivity index (χ4v) is 3.47. The van der Waals surface area contributed by atoms with Crippen LogP contribution in [0.5, 0.6) is 0 Å². The molecule has 3 heterocycles. The Hall–Kier alpha value is -2.68. The largest absolute Gasteiger partial charge is 0.444 e. The molecule has 0 bridgehead atoms. The van der Waals surface area contributed by atoms with Crippen LogP contribution in [0.15, 0.2) is 23.1 Å². The van der Waals surface area contributed by atoms with Gasteiger partial charge in [-0.3, -0.25) is 14.9 Å². The van der Waals surface area contributed by atoms with Gasteiger partial charge in [-0.2, -0.15) is 0 Å². The predicted octanol–water partition coefficient (Wildman–Crippen LogP) is 2.38. The topological polar surface area (TPSA) is 104 Å². The van der Waals surface area contributed by atoms with Gasteiger partial charge in [-0.25, -0.2) is 9.78 Å². The third kappa shape index (κ3) is 4.29. The lowest BCUT2D eigenvalue weighted by Crippen LogP contribution is -2.39. The Morgan fingerprint density at radius 2 is 2.12 bits per heavy atom. The molecular formula is C17H20N4O4S. The van der Waals surface area contributed by atoms with Crippen LogP contribution < -0.4 is 10.9 Å². The van der Waals surface area contributed by atoms with Gasteiger partial charge in [0.25, 0.3) is 5.91 Å². The normalized spacial score (nSPS) is 13.9. The first kappa shape index (κ1) is 18.1. The molecule has 0 saturated carbocycles. The number of amides is 2. The van der Waals surface area contributed by atoms with Crippen LogP contribution in [0.1, 0.15) is 41.7 Å². The van der Waals surface area contributed by atoms with Gasteiger partial charge >= 0.3 is 6.09 Å². The lowest BCUT2D eigenvalue weighted by atomic mass is 10.2. The first-order valence-corrected chi connectivity index (χ1v) is 8.99. The summed E-state index contributed by atoms with van der Waals surface area (Å²) in [5.74, 6) is -0.351. The number of anilines is 1. The van der Waals surface area contributed by atoms with E-state index in [4.69, 9.17) is 4.74 Å². The van der Waals surface area contributed by atoms with E-state index < -0.39 is 5.60 Å². The molecule has 0 saturated heterocycles. The highest BCUT2D eigenvalue weighted by Gasteiger charge is 2.28. The lowest BCUT2D eigenvalue weighted by Gasteiger charge is -2.29. The first-order valence-electron chi connectivity index (χ1n) is 8.18. The van der Waals surface area contributed by atoms with Crippen molar-refractivity contribution in [3.63, 3.8) is 0 Å². The molecule has 0 unspecified atom stereocenters. The first-order chi connectivity index (χ1) is 12.2. The summed E-state index contributed by atoms with van der Waals surface area (Å²) in [5.41, 5.74) is 0.411. The van der Waals surface area contributed by atoms with Crippen molar-refractivity contribution in [3.05, 3.63) is 44.8 Å². The molecule has 2 aromatic rings. The number of carbonyl (C=O) groups excluding carboxylic acids is 2. The molecule has 2 amide bonds. The fraction of sp³-hybridized carbons (Fsp3) is 0.412. The number of hydrogen-bond acceptors (Lipinski definition) is 6. The second-order valence-corrected chi connectivity index (χ2v) is 8.02. The van der Waals surface area contributed by atoms with Crippen molar-refractivity contribution in [2.45, 2.75) is 39.3 Å². The van der Waals surface area contributed by atoms with Gasteiger partial charge < -0.3 is 14.6 Å². The molecule has 0 aliphatic carbocycles. The summed E-state index contributed by atoms with van der Waals surface area (Å²) in [5, 5.41) is 3.20. The molecule has 2 N–H and O–H groups in total. The van der Waals surface area contributed by atoms with Crippen LogP contribution in [0.4, 0.5) is 9.93 Å². The zero-order valence-corrected chi connectivity index (χ0v) is 15.6. The van der Waals surface area contributed by atoms with Crippen molar-refractivity contribution in [1.29, 1.82) is 0 Å². The second-order valence-electron chi connectivity index (χ2n) is 6.94. The number of aromatic nitrogens is 2. The number of nitrogens with one attached hydrogen (secondary N) is 2. The summed E-state index contributed by atoms with van der Waals surface area (Å²) >= 11 is 1.34. The molecule has 1 aliphatic heterocycles. The monoisotopic (exact) mass is 376 g/mol. The summed E-state index contributed by atoms with van der Waals surface area (Å²) in [7, 11) is 0. The maximum Gasteiger partial charge on any atom is 0.410 e. The van der Waals surface area contributed by atoms with Crippen LogP contribution in [0.2, 0.25) is 0 Å². The van der Waals surface area contributed by atoms with Crippen molar-refractivity contribution in [3.8, 4) is 0 Å². The van der Waals surface area contributed by atoms with Crippen molar-refractivity contribution in [2.75, 3.05) is 11.9 Å². The van der Waals surface area contributed by atoms with Crippen LogP contribution >= 0.6 is 11.3 Å². The molecule has 8 nitrogen and oxygen atoms in total. The Kier molecular flexibility index (Phi) is 4.82. The highest BCUT2D eigenvalue weighted by molar-refractivity contribution is 7.15. The van der Waals surface area contributed by atoms with E-state index in [9.17, 15) is 14.4 Å². The number of thiazole rings is 1.